The first kappa shape index (κ1) is 27.1. The number of rotatable bonds is 7. The van der Waals surface area contributed by atoms with Gasteiger partial charge in [-0.15, -0.1) is 0 Å². The first-order valence-electron chi connectivity index (χ1n) is 12.4. The molecule has 0 aromatic heterocycles. The molecule has 4 aromatic carbocycles. The van der Waals surface area contributed by atoms with E-state index in [2.05, 4.69) is 29.2 Å². The van der Waals surface area contributed by atoms with Crippen LogP contribution in [0.5, 0.6) is 11.5 Å². The Morgan fingerprint density at radius 1 is 0.900 bits per heavy atom. The summed E-state index contributed by atoms with van der Waals surface area (Å²) in [6, 6.07) is 22.6. The van der Waals surface area contributed by atoms with E-state index in [1.54, 1.807) is 42.5 Å². The van der Waals surface area contributed by atoms with Crippen molar-refractivity contribution in [3.8, 4) is 11.5 Å². The molecular formula is C32H25IN2O5. The number of barbiturate groups is 1. The zero-order valence-corrected chi connectivity index (χ0v) is 24.0. The average molecular weight is 644 g/mol. The molecule has 0 N–H and O–H groups in total. The van der Waals surface area contributed by atoms with Gasteiger partial charge in [-0.2, -0.15) is 0 Å². The summed E-state index contributed by atoms with van der Waals surface area (Å²) in [5.74, 6) is -0.457. The zero-order valence-electron chi connectivity index (χ0n) is 21.9. The van der Waals surface area contributed by atoms with Crippen LogP contribution in [0.1, 0.15) is 11.1 Å². The van der Waals surface area contributed by atoms with Gasteiger partial charge in [0.15, 0.2) is 11.5 Å². The van der Waals surface area contributed by atoms with Gasteiger partial charge in [0.25, 0.3) is 11.8 Å². The predicted molar refractivity (Wildman–Crippen MR) is 165 cm³/mol. The Kier molecular flexibility index (Phi) is 7.70. The number of carbonyl (C=O) groups excluding carboxylic acids is 3. The number of halogens is 1. The minimum Gasteiger partial charge on any atom is -0.493 e. The number of ether oxygens (including phenoxy) is 2. The van der Waals surface area contributed by atoms with Crippen molar-refractivity contribution in [3.05, 3.63) is 112 Å². The van der Waals surface area contributed by atoms with Crippen LogP contribution in [0.15, 0.2) is 97.1 Å². The lowest BCUT2D eigenvalue weighted by atomic mass is 10.0. The second kappa shape index (κ2) is 11.4. The lowest BCUT2D eigenvalue weighted by Crippen LogP contribution is -2.57. The van der Waals surface area contributed by atoms with Crippen molar-refractivity contribution in [2.75, 3.05) is 23.5 Å². The average Bonchev–Trinajstić information content (AvgIpc) is 2.95. The van der Waals surface area contributed by atoms with Crippen molar-refractivity contribution >= 4 is 68.7 Å². The number of hydrogen-bond donors (Lipinski definition) is 0. The van der Waals surface area contributed by atoms with Gasteiger partial charge < -0.3 is 9.47 Å². The van der Waals surface area contributed by atoms with Crippen molar-refractivity contribution in [1.29, 1.82) is 0 Å². The van der Waals surface area contributed by atoms with E-state index in [0.717, 1.165) is 24.3 Å². The molecule has 1 aliphatic rings. The summed E-state index contributed by atoms with van der Waals surface area (Å²) in [6.07, 6.45) is 3.11. The lowest BCUT2D eigenvalue weighted by molar-refractivity contribution is -0.121. The van der Waals surface area contributed by atoms with E-state index in [1.165, 1.54) is 13.2 Å². The number of amides is 4. The molecule has 0 saturated carbocycles. The van der Waals surface area contributed by atoms with Crippen LogP contribution in [0, 0.1) is 10.5 Å². The Hall–Kier alpha value is -4.44. The summed E-state index contributed by atoms with van der Waals surface area (Å²) in [4.78, 5) is 43.9. The maximum atomic E-state index is 14.0. The van der Waals surface area contributed by atoms with Crippen LogP contribution in [-0.2, 0) is 9.59 Å². The van der Waals surface area contributed by atoms with Crippen LogP contribution in [0.25, 0.3) is 16.8 Å². The maximum Gasteiger partial charge on any atom is 0.343 e. The second-order valence-electron chi connectivity index (χ2n) is 9.09. The van der Waals surface area contributed by atoms with Crippen molar-refractivity contribution in [2.24, 2.45) is 0 Å². The third-order valence-corrected chi connectivity index (χ3v) is 7.26. The summed E-state index contributed by atoms with van der Waals surface area (Å²) in [5, 5.41) is 1.57. The van der Waals surface area contributed by atoms with Crippen molar-refractivity contribution in [3.63, 3.8) is 0 Å². The molecule has 0 atom stereocenters. The Morgan fingerprint density at radius 2 is 1.60 bits per heavy atom. The molecule has 200 valence electrons. The zero-order chi connectivity index (χ0) is 28.4. The van der Waals surface area contributed by atoms with Gasteiger partial charge in [-0.3, -0.25) is 9.59 Å². The smallest absolute Gasteiger partial charge is 0.343 e. The number of carbonyl (C=O) groups is 3. The molecule has 0 spiro atoms. The SMILES string of the molecule is C=CCOc1c(I)cc(/C=C2\C(=O)N(c3ccc(C)cc3)C(=O)N(c3cccc4ccccc34)C2=O)cc1OC. The van der Waals surface area contributed by atoms with E-state index < -0.39 is 17.8 Å². The highest BCUT2D eigenvalue weighted by Gasteiger charge is 2.44. The summed E-state index contributed by atoms with van der Waals surface area (Å²) < 4.78 is 12.0. The van der Waals surface area contributed by atoms with Crippen LogP contribution in [0.3, 0.4) is 0 Å². The number of methoxy groups -OCH3 is 1. The second-order valence-corrected chi connectivity index (χ2v) is 10.3. The van der Waals surface area contributed by atoms with Crippen molar-refractivity contribution in [1.82, 2.24) is 0 Å². The molecule has 1 heterocycles. The van der Waals surface area contributed by atoms with Crippen molar-refractivity contribution < 1.29 is 23.9 Å². The normalized spacial score (nSPS) is 14.7. The molecule has 5 rings (SSSR count). The van der Waals surface area contributed by atoms with Crippen LogP contribution in [0.4, 0.5) is 16.2 Å². The Labute approximate surface area is 245 Å². The number of anilines is 2. The van der Waals surface area contributed by atoms with Gasteiger partial charge in [0.2, 0.25) is 0 Å². The van der Waals surface area contributed by atoms with Gasteiger partial charge in [0.1, 0.15) is 12.2 Å². The number of benzene rings is 4. The fourth-order valence-corrected chi connectivity index (χ4v) is 5.32. The number of fused-ring (bicyclic) bond motifs is 1. The fraction of sp³-hybridized carbons (Fsp3) is 0.0938. The Balaban J connectivity index is 1.69. The van der Waals surface area contributed by atoms with Crippen LogP contribution >= 0.6 is 22.6 Å². The highest BCUT2D eigenvalue weighted by atomic mass is 127. The van der Waals surface area contributed by atoms with Crippen LogP contribution in [-0.4, -0.2) is 31.6 Å². The Bertz CT molecular complexity index is 1690. The number of aryl methyl sites for hydroxylation is 1. The van der Waals surface area contributed by atoms with Gasteiger partial charge in [0.05, 0.1) is 22.1 Å². The quantitative estimate of drug-likeness (QED) is 0.0947. The van der Waals surface area contributed by atoms with Gasteiger partial charge in [-0.25, -0.2) is 14.6 Å². The summed E-state index contributed by atoms with van der Waals surface area (Å²) >= 11 is 2.11. The first-order valence-corrected chi connectivity index (χ1v) is 13.5. The number of urea groups is 1. The highest BCUT2D eigenvalue weighted by Crippen LogP contribution is 2.37. The van der Waals surface area contributed by atoms with Gasteiger partial charge in [-0.05, 0) is 76.9 Å². The van der Waals surface area contributed by atoms with Gasteiger partial charge in [-0.1, -0.05) is 66.7 Å². The van der Waals surface area contributed by atoms with Gasteiger partial charge >= 0.3 is 6.03 Å². The molecule has 8 heteroatoms. The summed E-state index contributed by atoms with van der Waals surface area (Å²) in [7, 11) is 1.51. The number of nitrogens with zero attached hydrogens (tertiary/aromatic N) is 2. The molecule has 7 nitrogen and oxygen atoms in total. The molecule has 40 heavy (non-hydrogen) atoms. The predicted octanol–water partition coefficient (Wildman–Crippen LogP) is 6.91. The van der Waals surface area contributed by atoms with E-state index in [9.17, 15) is 14.4 Å². The minimum absolute atomic E-state index is 0.161. The number of hydrogen-bond acceptors (Lipinski definition) is 5. The van der Waals surface area contributed by atoms with Crippen LogP contribution < -0.4 is 19.3 Å². The van der Waals surface area contributed by atoms with Crippen LogP contribution in [0.2, 0.25) is 0 Å². The van der Waals surface area contributed by atoms with Gasteiger partial charge in [0, 0.05) is 5.39 Å². The first-order chi connectivity index (χ1) is 19.3. The molecule has 1 aliphatic heterocycles. The highest BCUT2D eigenvalue weighted by molar-refractivity contribution is 14.1. The molecule has 0 unspecified atom stereocenters. The van der Waals surface area contributed by atoms with E-state index >= 15 is 0 Å². The molecule has 0 aliphatic carbocycles. The van der Waals surface area contributed by atoms with E-state index in [1.807, 2.05) is 49.4 Å². The molecule has 0 radical (unpaired) electrons. The molecule has 4 amide bonds. The molecule has 1 fully saturated rings. The van der Waals surface area contributed by atoms with Crippen molar-refractivity contribution in [2.45, 2.75) is 6.92 Å². The Morgan fingerprint density at radius 3 is 2.33 bits per heavy atom. The van der Waals surface area contributed by atoms with E-state index in [4.69, 9.17) is 9.47 Å². The summed E-state index contributed by atoms with van der Waals surface area (Å²) in [6.45, 7) is 5.88. The fourth-order valence-electron chi connectivity index (χ4n) is 4.54. The lowest BCUT2D eigenvalue weighted by Gasteiger charge is -2.34. The maximum absolute atomic E-state index is 14.0. The monoisotopic (exact) mass is 644 g/mol. The summed E-state index contributed by atoms with van der Waals surface area (Å²) in [5.41, 5.74) is 2.11. The number of imide groups is 2. The third-order valence-electron chi connectivity index (χ3n) is 6.46. The largest absolute Gasteiger partial charge is 0.493 e. The van der Waals surface area contributed by atoms with E-state index in [-0.39, 0.29) is 12.2 Å². The molecule has 4 aromatic rings. The topological polar surface area (TPSA) is 76.2 Å². The molecular weight excluding hydrogens is 619 g/mol. The standard InChI is InChI=1S/C32H25IN2O5/c1-4-16-40-29-26(33)18-21(19-28(29)39-3)17-25-30(36)34(23-14-12-20(2)13-15-23)32(38)35(31(25)37)27-11-7-9-22-8-5-6-10-24(22)27/h4-15,17-19H,1,16H2,2-3H3/b25-17+. The minimum atomic E-state index is -0.743. The molecule has 1 saturated heterocycles. The third kappa shape index (κ3) is 4.98. The molecule has 0 bridgehead atoms. The van der Waals surface area contributed by atoms with E-state index in [0.29, 0.717) is 33.8 Å².